The van der Waals surface area contributed by atoms with Crippen LogP contribution >= 0.6 is 0 Å². The van der Waals surface area contributed by atoms with E-state index in [0.717, 1.165) is 5.92 Å². The number of hydrogen-bond donors (Lipinski definition) is 0. The summed E-state index contributed by atoms with van der Waals surface area (Å²) in [4.78, 5) is 4.58. The summed E-state index contributed by atoms with van der Waals surface area (Å²) in [5.41, 5.74) is 1.31. The van der Waals surface area contributed by atoms with Gasteiger partial charge in [-0.05, 0) is 36.8 Å². The monoisotopic (exact) mass is 217 g/mol. The number of hydrogen-bond acceptors (Lipinski definition) is 1. The summed E-state index contributed by atoms with van der Waals surface area (Å²) >= 11 is 0. The van der Waals surface area contributed by atoms with Crippen LogP contribution in [0, 0.1) is 11.8 Å². The molecule has 1 saturated carbocycles. The lowest BCUT2D eigenvalue weighted by atomic mass is 9.73. The fourth-order valence-electron chi connectivity index (χ4n) is 3.19. The fraction of sp³-hybridized carbons (Fsp3) is 0.667. The molecule has 0 amide bonds. The topological polar surface area (TPSA) is 12.9 Å². The number of aromatic nitrogens is 1. The molecule has 0 bridgehead atoms. The van der Waals surface area contributed by atoms with Crippen LogP contribution in [0.2, 0.25) is 0 Å². The number of nitrogens with zero attached hydrogens (tertiary/aromatic N) is 1. The van der Waals surface area contributed by atoms with E-state index in [1.807, 2.05) is 12.3 Å². The third-order valence-corrected chi connectivity index (χ3v) is 3.91. The lowest BCUT2D eigenvalue weighted by Gasteiger charge is -2.32. The Morgan fingerprint density at radius 3 is 2.44 bits per heavy atom. The minimum atomic E-state index is 0.668. The van der Waals surface area contributed by atoms with E-state index in [1.165, 1.54) is 37.8 Å². The van der Waals surface area contributed by atoms with Gasteiger partial charge < -0.3 is 0 Å². The standard InChI is InChI=1S/C15H23N/c1-12(2)15(13-8-4-3-5-9-13)14-10-6-7-11-16-14/h6-7,10-13,15H,3-5,8-9H2,1-2H3. The Bertz CT molecular complexity index is 298. The smallest absolute Gasteiger partial charge is 0.0439 e. The Labute approximate surface area is 99.3 Å². The van der Waals surface area contributed by atoms with Crippen molar-refractivity contribution in [2.45, 2.75) is 51.9 Å². The molecule has 1 atom stereocenters. The van der Waals surface area contributed by atoms with Crippen LogP contribution in [0.15, 0.2) is 24.4 Å². The molecule has 1 aliphatic rings. The number of pyridine rings is 1. The van der Waals surface area contributed by atoms with E-state index in [9.17, 15) is 0 Å². The molecule has 1 unspecified atom stereocenters. The van der Waals surface area contributed by atoms with Gasteiger partial charge in [0.05, 0.1) is 0 Å². The van der Waals surface area contributed by atoms with Crippen LogP contribution in [0.4, 0.5) is 0 Å². The molecule has 1 nitrogen and oxygen atoms in total. The van der Waals surface area contributed by atoms with Crippen LogP contribution in [0.3, 0.4) is 0 Å². The summed E-state index contributed by atoms with van der Waals surface area (Å²) in [5, 5.41) is 0. The largest absolute Gasteiger partial charge is 0.261 e. The first-order valence-corrected chi connectivity index (χ1v) is 6.70. The van der Waals surface area contributed by atoms with Gasteiger partial charge in [-0.25, -0.2) is 0 Å². The molecule has 1 aromatic rings. The molecule has 16 heavy (non-hydrogen) atoms. The third kappa shape index (κ3) is 2.63. The van der Waals surface area contributed by atoms with Crippen LogP contribution in [0.1, 0.15) is 57.6 Å². The second kappa shape index (κ2) is 5.47. The van der Waals surface area contributed by atoms with Crippen molar-refractivity contribution in [3.05, 3.63) is 30.1 Å². The van der Waals surface area contributed by atoms with Crippen molar-refractivity contribution < 1.29 is 0 Å². The van der Waals surface area contributed by atoms with Crippen molar-refractivity contribution in [2.75, 3.05) is 0 Å². The van der Waals surface area contributed by atoms with E-state index < -0.39 is 0 Å². The Kier molecular flexibility index (Phi) is 3.98. The summed E-state index contributed by atoms with van der Waals surface area (Å²) in [7, 11) is 0. The lowest BCUT2D eigenvalue weighted by Crippen LogP contribution is -2.21. The maximum Gasteiger partial charge on any atom is 0.0439 e. The van der Waals surface area contributed by atoms with Crippen LogP contribution in [0.5, 0.6) is 0 Å². The average molecular weight is 217 g/mol. The molecule has 1 heterocycles. The molecule has 88 valence electrons. The second-order valence-electron chi connectivity index (χ2n) is 5.42. The van der Waals surface area contributed by atoms with Crippen molar-refractivity contribution >= 4 is 0 Å². The Hall–Kier alpha value is -0.850. The lowest BCUT2D eigenvalue weighted by molar-refractivity contribution is 0.256. The van der Waals surface area contributed by atoms with Gasteiger partial charge in [-0.15, -0.1) is 0 Å². The van der Waals surface area contributed by atoms with E-state index >= 15 is 0 Å². The third-order valence-electron chi connectivity index (χ3n) is 3.91. The van der Waals surface area contributed by atoms with Gasteiger partial charge in [0, 0.05) is 17.8 Å². The summed E-state index contributed by atoms with van der Waals surface area (Å²) in [6.45, 7) is 4.68. The zero-order chi connectivity index (χ0) is 11.4. The maximum atomic E-state index is 4.58. The van der Waals surface area contributed by atoms with Crippen molar-refractivity contribution in [1.29, 1.82) is 0 Å². The average Bonchev–Trinajstić information content (AvgIpc) is 2.31. The van der Waals surface area contributed by atoms with Gasteiger partial charge in [-0.2, -0.15) is 0 Å². The van der Waals surface area contributed by atoms with Crippen molar-refractivity contribution in [3.63, 3.8) is 0 Å². The maximum absolute atomic E-state index is 4.58. The summed E-state index contributed by atoms with van der Waals surface area (Å²) in [5.74, 6) is 2.24. The highest BCUT2D eigenvalue weighted by Gasteiger charge is 2.28. The van der Waals surface area contributed by atoms with Crippen molar-refractivity contribution in [2.24, 2.45) is 11.8 Å². The zero-order valence-corrected chi connectivity index (χ0v) is 10.5. The molecule has 1 aromatic heterocycles. The highest BCUT2D eigenvalue weighted by molar-refractivity contribution is 5.12. The Morgan fingerprint density at radius 1 is 1.12 bits per heavy atom. The molecule has 1 heteroatoms. The molecule has 0 aromatic carbocycles. The van der Waals surface area contributed by atoms with Gasteiger partial charge in [0.1, 0.15) is 0 Å². The molecule has 0 aliphatic heterocycles. The molecule has 1 fully saturated rings. The van der Waals surface area contributed by atoms with Gasteiger partial charge in [0.25, 0.3) is 0 Å². The molecule has 1 aliphatic carbocycles. The first-order valence-electron chi connectivity index (χ1n) is 6.70. The van der Waals surface area contributed by atoms with E-state index in [2.05, 4.69) is 31.0 Å². The van der Waals surface area contributed by atoms with Gasteiger partial charge in [-0.1, -0.05) is 39.2 Å². The summed E-state index contributed by atoms with van der Waals surface area (Å²) < 4.78 is 0. The molecule has 0 saturated heterocycles. The Morgan fingerprint density at radius 2 is 1.88 bits per heavy atom. The number of rotatable bonds is 3. The minimum Gasteiger partial charge on any atom is -0.261 e. The predicted molar refractivity (Wildman–Crippen MR) is 68.4 cm³/mol. The normalized spacial score (nSPS) is 19.9. The summed E-state index contributed by atoms with van der Waals surface area (Å²) in [6.07, 6.45) is 9.01. The molecular formula is C15H23N. The van der Waals surface area contributed by atoms with Gasteiger partial charge in [0.2, 0.25) is 0 Å². The molecule has 0 N–H and O–H groups in total. The zero-order valence-electron chi connectivity index (χ0n) is 10.5. The highest BCUT2D eigenvalue weighted by atomic mass is 14.7. The predicted octanol–water partition coefficient (Wildman–Crippen LogP) is 4.40. The quantitative estimate of drug-likeness (QED) is 0.731. The van der Waals surface area contributed by atoms with Crippen molar-refractivity contribution in [3.8, 4) is 0 Å². The van der Waals surface area contributed by atoms with Crippen LogP contribution < -0.4 is 0 Å². The van der Waals surface area contributed by atoms with Gasteiger partial charge in [0.15, 0.2) is 0 Å². The molecule has 0 spiro atoms. The van der Waals surface area contributed by atoms with Gasteiger partial charge >= 0.3 is 0 Å². The fourth-order valence-corrected chi connectivity index (χ4v) is 3.19. The minimum absolute atomic E-state index is 0.668. The van der Waals surface area contributed by atoms with Crippen molar-refractivity contribution in [1.82, 2.24) is 4.98 Å². The molecule has 2 rings (SSSR count). The van der Waals surface area contributed by atoms with Crippen LogP contribution in [0.25, 0.3) is 0 Å². The SMILES string of the molecule is CC(C)C(c1ccccn1)C1CCCCC1. The molecular weight excluding hydrogens is 194 g/mol. The first kappa shape index (κ1) is 11.6. The molecule has 0 radical (unpaired) electrons. The van der Waals surface area contributed by atoms with E-state index in [1.54, 1.807) is 0 Å². The second-order valence-corrected chi connectivity index (χ2v) is 5.42. The van der Waals surface area contributed by atoms with Crippen LogP contribution in [-0.2, 0) is 0 Å². The summed E-state index contributed by atoms with van der Waals surface area (Å²) in [6, 6.07) is 6.35. The van der Waals surface area contributed by atoms with E-state index in [4.69, 9.17) is 0 Å². The van der Waals surface area contributed by atoms with Gasteiger partial charge in [-0.3, -0.25) is 4.98 Å². The van der Waals surface area contributed by atoms with E-state index in [-0.39, 0.29) is 0 Å². The highest BCUT2D eigenvalue weighted by Crippen LogP contribution is 2.39. The van der Waals surface area contributed by atoms with E-state index in [0.29, 0.717) is 11.8 Å². The van der Waals surface area contributed by atoms with Crippen LogP contribution in [-0.4, -0.2) is 4.98 Å². The Balaban J connectivity index is 2.16. The first-order chi connectivity index (χ1) is 7.79.